The van der Waals surface area contributed by atoms with Gasteiger partial charge in [0, 0.05) is 42.6 Å². The minimum absolute atomic E-state index is 0.136. The first-order valence-corrected chi connectivity index (χ1v) is 10.1. The summed E-state index contributed by atoms with van der Waals surface area (Å²) >= 11 is 6.28. The number of piperidine rings is 1. The van der Waals surface area contributed by atoms with Crippen molar-refractivity contribution in [2.24, 2.45) is 0 Å². The van der Waals surface area contributed by atoms with Gasteiger partial charge in [0.25, 0.3) is 0 Å². The number of pyridine rings is 1. The van der Waals surface area contributed by atoms with Crippen molar-refractivity contribution in [1.82, 2.24) is 19.7 Å². The molecule has 5 nitrogen and oxygen atoms in total. The molecule has 0 bridgehead atoms. The fourth-order valence-corrected chi connectivity index (χ4v) is 4.70. The minimum Gasteiger partial charge on any atom is -0.363 e. The van der Waals surface area contributed by atoms with Crippen LogP contribution in [-0.4, -0.2) is 32.8 Å². The van der Waals surface area contributed by atoms with E-state index in [1.807, 2.05) is 35.3 Å². The van der Waals surface area contributed by atoms with Crippen LogP contribution in [0.15, 0.2) is 55.1 Å². The third kappa shape index (κ3) is 3.13. The third-order valence-corrected chi connectivity index (χ3v) is 6.20. The van der Waals surface area contributed by atoms with E-state index in [0.717, 1.165) is 43.2 Å². The van der Waals surface area contributed by atoms with Crippen LogP contribution in [0.1, 0.15) is 42.6 Å². The fraction of sp³-hybridized carbons (Fsp3) is 0.364. The lowest BCUT2D eigenvalue weighted by atomic mass is 9.83. The minimum atomic E-state index is -0.184. The summed E-state index contributed by atoms with van der Waals surface area (Å²) in [6, 6.07) is 10.1. The van der Waals surface area contributed by atoms with Crippen LogP contribution in [0.2, 0.25) is 5.02 Å². The van der Waals surface area contributed by atoms with Crippen molar-refractivity contribution in [3.63, 3.8) is 0 Å². The standard InChI is InChI=1S/C22H23ClN4O/c1-16-20-5-4-18(23)11-21(20)22(28-16)6-9-26(10-7-22)14-17-12-25-27(15-17)19-3-2-8-24-13-19/h2-5,8,11-13,15-16H,6-7,9-10,14H2,1H3. The average Bonchev–Trinajstić information content (AvgIpc) is 3.28. The molecular weight excluding hydrogens is 372 g/mol. The Morgan fingerprint density at radius 2 is 2.07 bits per heavy atom. The van der Waals surface area contributed by atoms with Crippen LogP contribution in [0.25, 0.3) is 5.69 Å². The number of hydrogen-bond donors (Lipinski definition) is 0. The summed E-state index contributed by atoms with van der Waals surface area (Å²) in [5, 5.41) is 5.28. The van der Waals surface area contributed by atoms with Gasteiger partial charge in [-0.15, -0.1) is 0 Å². The molecule has 2 aromatic heterocycles. The molecule has 5 rings (SSSR count). The van der Waals surface area contributed by atoms with Gasteiger partial charge in [0.2, 0.25) is 0 Å². The normalized spacial score (nSPS) is 21.1. The second-order valence-electron chi connectivity index (χ2n) is 7.77. The van der Waals surface area contributed by atoms with Crippen molar-refractivity contribution < 1.29 is 4.74 Å². The van der Waals surface area contributed by atoms with Crippen molar-refractivity contribution >= 4 is 11.6 Å². The average molecular weight is 395 g/mol. The summed E-state index contributed by atoms with van der Waals surface area (Å²) in [7, 11) is 0. The Kier molecular flexibility index (Phi) is 4.46. The highest BCUT2D eigenvalue weighted by Crippen LogP contribution is 2.49. The van der Waals surface area contributed by atoms with Gasteiger partial charge in [-0.3, -0.25) is 9.88 Å². The number of nitrogens with zero attached hydrogens (tertiary/aromatic N) is 4. The van der Waals surface area contributed by atoms with E-state index in [9.17, 15) is 0 Å². The number of aromatic nitrogens is 3. The Bertz CT molecular complexity index is 979. The highest BCUT2D eigenvalue weighted by Gasteiger charge is 2.45. The van der Waals surface area contributed by atoms with Crippen LogP contribution in [0.3, 0.4) is 0 Å². The zero-order valence-corrected chi connectivity index (χ0v) is 16.6. The molecule has 0 radical (unpaired) electrons. The Morgan fingerprint density at radius 1 is 1.21 bits per heavy atom. The van der Waals surface area contributed by atoms with Gasteiger partial charge in [0.05, 0.1) is 29.8 Å². The first kappa shape index (κ1) is 17.9. The quantitative estimate of drug-likeness (QED) is 0.655. The molecule has 3 aromatic rings. The van der Waals surface area contributed by atoms with Crippen molar-refractivity contribution in [3.05, 3.63) is 76.8 Å². The Morgan fingerprint density at radius 3 is 2.86 bits per heavy atom. The topological polar surface area (TPSA) is 43.2 Å². The maximum absolute atomic E-state index is 6.47. The number of benzene rings is 1. The summed E-state index contributed by atoms with van der Waals surface area (Å²) in [6.45, 7) is 5.03. The Balaban J connectivity index is 1.28. The molecular formula is C22H23ClN4O. The van der Waals surface area contributed by atoms with E-state index in [2.05, 4.69) is 40.2 Å². The Labute approximate surface area is 169 Å². The molecule has 0 saturated carbocycles. The van der Waals surface area contributed by atoms with E-state index in [4.69, 9.17) is 16.3 Å². The monoisotopic (exact) mass is 394 g/mol. The molecule has 0 amide bonds. The van der Waals surface area contributed by atoms with Crippen LogP contribution >= 0.6 is 11.6 Å². The lowest BCUT2D eigenvalue weighted by molar-refractivity contribution is -0.104. The summed E-state index contributed by atoms with van der Waals surface area (Å²) in [5.41, 5.74) is 4.58. The molecule has 4 heterocycles. The summed E-state index contributed by atoms with van der Waals surface area (Å²) in [4.78, 5) is 6.64. The molecule has 1 spiro atoms. The number of fused-ring (bicyclic) bond motifs is 2. The van der Waals surface area contributed by atoms with E-state index >= 15 is 0 Å². The molecule has 0 N–H and O–H groups in total. The Hall–Kier alpha value is -2.21. The van der Waals surface area contributed by atoms with E-state index in [0.29, 0.717) is 0 Å². The predicted molar refractivity (Wildman–Crippen MR) is 109 cm³/mol. The molecule has 1 saturated heterocycles. The summed E-state index contributed by atoms with van der Waals surface area (Å²) in [5.74, 6) is 0. The van der Waals surface area contributed by atoms with E-state index in [1.54, 1.807) is 6.20 Å². The lowest BCUT2D eigenvalue weighted by Gasteiger charge is -2.39. The molecule has 144 valence electrons. The smallest absolute Gasteiger partial charge is 0.0968 e. The van der Waals surface area contributed by atoms with Gasteiger partial charge in [-0.2, -0.15) is 5.10 Å². The van der Waals surface area contributed by atoms with E-state index in [-0.39, 0.29) is 11.7 Å². The zero-order chi connectivity index (χ0) is 19.1. The highest BCUT2D eigenvalue weighted by molar-refractivity contribution is 6.30. The maximum atomic E-state index is 6.47. The highest BCUT2D eigenvalue weighted by atomic mass is 35.5. The maximum Gasteiger partial charge on any atom is 0.0968 e. The third-order valence-electron chi connectivity index (χ3n) is 5.96. The predicted octanol–water partition coefficient (Wildman–Crippen LogP) is 4.50. The second-order valence-corrected chi connectivity index (χ2v) is 8.20. The molecule has 2 aliphatic rings. The van der Waals surface area contributed by atoms with Crippen LogP contribution in [0.4, 0.5) is 0 Å². The largest absolute Gasteiger partial charge is 0.363 e. The van der Waals surface area contributed by atoms with Gasteiger partial charge >= 0.3 is 0 Å². The van der Waals surface area contributed by atoms with E-state index < -0.39 is 0 Å². The first-order valence-electron chi connectivity index (χ1n) is 9.77. The molecule has 28 heavy (non-hydrogen) atoms. The van der Waals surface area contributed by atoms with Crippen LogP contribution in [0.5, 0.6) is 0 Å². The SMILES string of the molecule is CC1OC2(CCN(Cc3cnn(-c4cccnc4)c3)CC2)c2cc(Cl)ccc21. The summed E-state index contributed by atoms with van der Waals surface area (Å²) in [6.07, 6.45) is 9.74. The zero-order valence-electron chi connectivity index (χ0n) is 15.9. The second kappa shape index (κ2) is 6.99. The van der Waals surface area contributed by atoms with Crippen LogP contribution in [-0.2, 0) is 16.9 Å². The van der Waals surface area contributed by atoms with Crippen molar-refractivity contribution in [3.8, 4) is 5.69 Å². The molecule has 1 unspecified atom stereocenters. The molecule has 1 fully saturated rings. The van der Waals surface area contributed by atoms with Crippen molar-refractivity contribution in [2.75, 3.05) is 13.1 Å². The molecule has 0 aliphatic carbocycles. The van der Waals surface area contributed by atoms with Gasteiger partial charge in [-0.1, -0.05) is 17.7 Å². The first-order chi connectivity index (χ1) is 13.6. The van der Waals surface area contributed by atoms with Gasteiger partial charge < -0.3 is 4.74 Å². The molecule has 1 atom stereocenters. The van der Waals surface area contributed by atoms with Gasteiger partial charge in [0.1, 0.15) is 0 Å². The van der Waals surface area contributed by atoms with Gasteiger partial charge in [0.15, 0.2) is 0 Å². The van der Waals surface area contributed by atoms with Crippen LogP contribution < -0.4 is 0 Å². The van der Waals surface area contributed by atoms with Crippen molar-refractivity contribution in [2.45, 2.75) is 38.0 Å². The van der Waals surface area contributed by atoms with Crippen molar-refractivity contribution in [1.29, 1.82) is 0 Å². The fourth-order valence-electron chi connectivity index (χ4n) is 4.53. The van der Waals surface area contributed by atoms with Gasteiger partial charge in [-0.25, -0.2) is 4.68 Å². The van der Waals surface area contributed by atoms with E-state index in [1.165, 1.54) is 16.7 Å². The number of halogens is 1. The number of hydrogen-bond acceptors (Lipinski definition) is 4. The molecule has 6 heteroatoms. The molecule has 2 aliphatic heterocycles. The number of ether oxygens (including phenoxy) is 1. The van der Waals surface area contributed by atoms with Gasteiger partial charge in [-0.05, 0) is 55.2 Å². The summed E-state index contributed by atoms with van der Waals surface area (Å²) < 4.78 is 8.35. The van der Waals surface area contributed by atoms with Crippen LogP contribution in [0, 0.1) is 0 Å². The number of rotatable bonds is 3. The molecule has 1 aromatic carbocycles. The lowest BCUT2D eigenvalue weighted by Crippen LogP contribution is -2.42. The number of likely N-dealkylation sites (tertiary alicyclic amines) is 1.